The number of aliphatic hydroxyl groups is 2. The van der Waals surface area contributed by atoms with Crippen LogP contribution < -0.4 is 0 Å². The second kappa shape index (κ2) is 8.69. The monoisotopic (exact) mass is 385 g/mol. The summed E-state index contributed by atoms with van der Waals surface area (Å²) in [6.07, 6.45) is -3.42. The Labute approximate surface area is 154 Å². The van der Waals surface area contributed by atoms with Crippen molar-refractivity contribution < 1.29 is 45.0 Å². The van der Waals surface area contributed by atoms with E-state index in [4.69, 9.17) is 10.2 Å². The molecule has 1 aromatic carbocycles. The van der Waals surface area contributed by atoms with Crippen molar-refractivity contribution in [2.75, 3.05) is 6.54 Å². The molecular formula is C17H23NO9. The number of carbonyl (C=O) groups excluding carboxylic acids is 1. The van der Waals surface area contributed by atoms with E-state index in [1.165, 1.54) is 6.07 Å². The van der Waals surface area contributed by atoms with Crippen molar-refractivity contribution in [2.45, 2.75) is 44.4 Å². The highest BCUT2D eigenvalue weighted by Gasteiger charge is 2.42. The van der Waals surface area contributed by atoms with Crippen LogP contribution in [0.3, 0.4) is 0 Å². The van der Waals surface area contributed by atoms with Crippen molar-refractivity contribution in [2.24, 2.45) is 0 Å². The molecule has 0 spiro atoms. The van der Waals surface area contributed by atoms with Crippen molar-refractivity contribution in [3.05, 3.63) is 23.8 Å². The summed E-state index contributed by atoms with van der Waals surface area (Å²) in [5.74, 6) is -5.13. The van der Waals surface area contributed by atoms with E-state index in [0.29, 0.717) is 0 Å². The number of phenolic OH excluding ortho intramolecular Hbond substituents is 2. The molecular weight excluding hydrogens is 362 g/mol. The molecule has 150 valence electrons. The Hall–Kier alpha value is -2.85. The molecule has 2 atom stereocenters. The third kappa shape index (κ3) is 5.83. The first-order valence-electron chi connectivity index (χ1n) is 8.04. The number of aliphatic hydroxyl groups excluding tert-OH is 1. The lowest BCUT2D eigenvalue weighted by Crippen LogP contribution is -2.48. The number of carboxylic acids is 2. The van der Waals surface area contributed by atoms with E-state index in [1.807, 2.05) is 0 Å². The molecule has 0 aliphatic heterocycles. The maximum Gasteiger partial charge on any atom is 0.336 e. The topological polar surface area (TPSA) is 176 Å². The molecule has 0 heterocycles. The van der Waals surface area contributed by atoms with Gasteiger partial charge in [0, 0.05) is 6.04 Å². The molecule has 1 amide bonds. The number of phenols is 2. The summed E-state index contributed by atoms with van der Waals surface area (Å²) in [5, 5.41) is 57.0. The van der Waals surface area contributed by atoms with Crippen LogP contribution >= 0.6 is 0 Å². The van der Waals surface area contributed by atoms with Gasteiger partial charge in [0.15, 0.2) is 17.1 Å². The van der Waals surface area contributed by atoms with Gasteiger partial charge in [-0.3, -0.25) is 9.59 Å². The van der Waals surface area contributed by atoms with Crippen LogP contribution in [-0.2, 0) is 14.4 Å². The Morgan fingerprint density at radius 3 is 2.11 bits per heavy atom. The van der Waals surface area contributed by atoms with Gasteiger partial charge in [-0.15, -0.1) is 0 Å². The van der Waals surface area contributed by atoms with Crippen LogP contribution in [0.2, 0.25) is 0 Å². The van der Waals surface area contributed by atoms with Crippen molar-refractivity contribution in [3.8, 4) is 11.5 Å². The van der Waals surface area contributed by atoms with Crippen LogP contribution in [-0.4, -0.2) is 71.6 Å². The Morgan fingerprint density at radius 1 is 1.07 bits per heavy atom. The van der Waals surface area contributed by atoms with E-state index in [2.05, 4.69) is 0 Å². The summed E-state index contributed by atoms with van der Waals surface area (Å²) in [7, 11) is 0. The SMILES string of the molecule is CC(C)N(CC(O)c1ccc(O)c(O)c1)C(=O)CC(O)(CC(=O)O)C(=O)O. The predicted octanol–water partition coefficient (Wildman–Crippen LogP) is 0.0487. The molecule has 0 saturated heterocycles. The number of rotatable bonds is 9. The summed E-state index contributed by atoms with van der Waals surface area (Å²) in [4.78, 5) is 35.6. The standard InChI is InChI=1S/C17H23NO9/c1-9(2)18(8-13(21)10-3-4-11(19)12(20)5-10)14(22)6-17(27,16(25)26)7-15(23)24/h3-5,9,13,19-21,27H,6-8H2,1-2H3,(H,23,24)(H,25,26). The lowest BCUT2D eigenvalue weighted by molar-refractivity contribution is -0.169. The zero-order valence-corrected chi connectivity index (χ0v) is 14.9. The highest BCUT2D eigenvalue weighted by atomic mass is 16.4. The van der Waals surface area contributed by atoms with Gasteiger partial charge in [-0.1, -0.05) is 6.07 Å². The van der Waals surface area contributed by atoms with Gasteiger partial charge in [0.2, 0.25) is 5.91 Å². The third-order valence-corrected chi connectivity index (χ3v) is 3.98. The Balaban J connectivity index is 2.99. The highest BCUT2D eigenvalue weighted by molar-refractivity contribution is 5.90. The predicted molar refractivity (Wildman–Crippen MR) is 91.0 cm³/mol. The lowest BCUT2D eigenvalue weighted by Gasteiger charge is -2.32. The van der Waals surface area contributed by atoms with E-state index in [9.17, 15) is 34.8 Å². The number of carbonyl (C=O) groups is 3. The van der Waals surface area contributed by atoms with E-state index in [0.717, 1.165) is 17.0 Å². The van der Waals surface area contributed by atoms with Crippen LogP contribution in [0.1, 0.15) is 38.4 Å². The molecule has 0 aliphatic carbocycles. The minimum atomic E-state index is -2.78. The minimum Gasteiger partial charge on any atom is -0.504 e. The molecule has 0 fully saturated rings. The van der Waals surface area contributed by atoms with Gasteiger partial charge in [-0.25, -0.2) is 4.79 Å². The normalized spacial score (nSPS) is 14.4. The minimum absolute atomic E-state index is 0.197. The quantitative estimate of drug-likeness (QED) is 0.321. The maximum absolute atomic E-state index is 12.5. The van der Waals surface area contributed by atoms with E-state index >= 15 is 0 Å². The number of aliphatic carboxylic acids is 2. The number of carboxylic acid groups (broad SMARTS) is 2. The fourth-order valence-electron chi connectivity index (χ4n) is 2.46. The average molecular weight is 385 g/mol. The van der Waals surface area contributed by atoms with Gasteiger partial charge < -0.3 is 35.5 Å². The lowest BCUT2D eigenvalue weighted by atomic mass is 9.94. The first kappa shape index (κ1) is 22.2. The summed E-state index contributed by atoms with van der Waals surface area (Å²) in [6, 6.07) is 3.11. The summed E-state index contributed by atoms with van der Waals surface area (Å²) < 4.78 is 0. The van der Waals surface area contributed by atoms with E-state index < -0.39 is 54.2 Å². The molecule has 1 aromatic rings. The fourth-order valence-corrected chi connectivity index (χ4v) is 2.46. The number of aromatic hydroxyl groups is 2. The average Bonchev–Trinajstić information content (AvgIpc) is 2.53. The summed E-state index contributed by atoms with van der Waals surface area (Å²) in [6.45, 7) is 2.88. The maximum atomic E-state index is 12.5. The van der Waals surface area contributed by atoms with Crippen molar-refractivity contribution in [1.82, 2.24) is 4.90 Å². The second-order valence-electron chi connectivity index (χ2n) is 6.49. The first-order chi connectivity index (χ1) is 12.4. The number of hydrogen-bond donors (Lipinski definition) is 6. The number of benzene rings is 1. The highest BCUT2D eigenvalue weighted by Crippen LogP contribution is 2.28. The zero-order chi connectivity index (χ0) is 20.9. The summed E-state index contributed by atoms with van der Waals surface area (Å²) >= 11 is 0. The number of hydrogen-bond acceptors (Lipinski definition) is 7. The van der Waals surface area contributed by atoms with Crippen molar-refractivity contribution in [1.29, 1.82) is 0 Å². The number of amides is 1. The molecule has 6 N–H and O–H groups in total. The summed E-state index contributed by atoms with van der Waals surface area (Å²) in [5.41, 5.74) is -2.58. The largest absolute Gasteiger partial charge is 0.504 e. The molecule has 1 rings (SSSR count). The van der Waals surface area contributed by atoms with Gasteiger partial charge in [0.25, 0.3) is 0 Å². The van der Waals surface area contributed by atoms with E-state index in [1.54, 1.807) is 13.8 Å². The molecule has 0 aliphatic rings. The van der Waals surface area contributed by atoms with Crippen molar-refractivity contribution in [3.63, 3.8) is 0 Å². The molecule has 0 saturated carbocycles. The molecule has 27 heavy (non-hydrogen) atoms. The third-order valence-electron chi connectivity index (χ3n) is 3.98. The van der Waals surface area contributed by atoms with Crippen LogP contribution in [0.5, 0.6) is 11.5 Å². The van der Waals surface area contributed by atoms with Crippen molar-refractivity contribution >= 4 is 17.8 Å². The van der Waals surface area contributed by atoms with Gasteiger partial charge >= 0.3 is 11.9 Å². The molecule has 2 unspecified atom stereocenters. The van der Waals surface area contributed by atoms with Gasteiger partial charge in [0.1, 0.15) is 0 Å². The van der Waals surface area contributed by atoms with Gasteiger partial charge in [-0.05, 0) is 31.5 Å². The molecule has 0 aromatic heterocycles. The smallest absolute Gasteiger partial charge is 0.336 e. The molecule has 10 heteroatoms. The van der Waals surface area contributed by atoms with Crippen LogP contribution in [0, 0.1) is 0 Å². The Morgan fingerprint density at radius 2 is 1.67 bits per heavy atom. The molecule has 0 bridgehead atoms. The fraction of sp³-hybridized carbons (Fsp3) is 0.471. The second-order valence-corrected chi connectivity index (χ2v) is 6.49. The van der Waals surface area contributed by atoms with E-state index in [-0.39, 0.29) is 17.9 Å². The first-order valence-corrected chi connectivity index (χ1v) is 8.04. The van der Waals surface area contributed by atoms with Gasteiger partial charge in [0.05, 0.1) is 25.5 Å². The molecule has 0 radical (unpaired) electrons. The number of nitrogens with zero attached hydrogens (tertiary/aromatic N) is 1. The van der Waals surface area contributed by atoms with Crippen LogP contribution in [0.25, 0.3) is 0 Å². The zero-order valence-electron chi connectivity index (χ0n) is 14.9. The Kier molecular flexibility index (Phi) is 7.14. The molecule has 10 nitrogen and oxygen atoms in total. The van der Waals surface area contributed by atoms with Gasteiger partial charge in [-0.2, -0.15) is 0 Å². The van der Waals surface area contributed by atoms with Crippen LogP contribution in [0.4, 0.5) is 0 Å². The van der Waals surface area contributed by atoms with Crippen LogP contribution in [0.15, 0.2) is 18.2 Å². The Bertz CT molecular complexity index is 718.